The lowest BCUT2D eigenvalue weighted by Gasteiger charge is -2.27. The normalized spacial score (nSPS) is 23.6. The van der Waals surface area contributed by atoms with E-state index in [-0.39, 0.29) is 18.0 Å². The molecule has 2 fully saturated rings. The summed E-state index contributed by atoms with van der Waals surface area (Å²) in [6.45, 7) is 3.12. The van der Waals surface area contributed by atoms with Crippen molar-refractivity contribution in [1.29, 1.82) is 0 Å². The van der Waals surface area contributed by atoms with Gasteiger partial charge in [0.25, 0.3) is 0 Å². The van der Waals surface area contributed by atoms with Crippen LogP contribution in [0.5, 0.6) is 0 Å². The second-order valence-electron chi connectivity index (χ2n) is 5.43. The third-order valence-electron chi connectivity index (χ3n) is 4.01. The monoisotopic (exact) mass is 308 g/mol. The first-order chi connectivity index (χ1) is 10.2. The molecule has 0 radical (unpaired) electrons. The summed E-state index contributed by atoms with van der Waals surface area (Å²) < 4.78 is 0. The first kappa shape index (κ1) is 14.3. The smallest absolute Gasteiger partial charge is 0.315 e. The molecule has 2 aliphatic rings. The van der Waals surface area contributed by atoms with Crippen molar-refractivity contribution in [1.82, 2.24) is 20.9 Å². The summed E-state index contributed by atoms with van der Waals surface area (Å²) in [5.74, 6) is -0.117. The number of likely N-dealkylation sites (tertiary alicyclic amines) is 1. The van der Waals surface area contributed by atoms with E-state index in [1.807, 2.05) is 6.07 Å². The van der Waals surface area contributed by atoms with Crippen LogP contribution in [0.1, 0.15) is 23.8 Å². The highest BCUT2D eigenvalue weighted by molar-refractivity contribution is 7.10. The molecular formula is C14H20N4O2S. The Morgan fingerprint density at radius 3 is 2.90 bits per heavy atom. The average molecular weight is 308 g/mol. The van der Waals surface area contributed by atoms with Crippen LogP contribution in [-0.4, -0.2) is 49.1 Å². The highest BCUT2D eigenvalue weighted by atomic mass is 32.1. The maximum atomic E-state index is 12.1. The van der Waals surface area contributed by atoms with Gasteiger partial charge in [-0.3, -0.25) is 9.69 Å². The number of nitrogens with one attached hydrogen (secondary N) is 3. The van der Waals surface area contributed by atoms with Crippen LogP contribution in [0.25, 0.3) is 0 Å². The summed E-state index contributed by atoms with van der Waals surface area (Å²) >= 11 is 1.73. The van der Waals surface area contributed by atoms with Crippen molar-refractivity contribution < 1.29 is 9.59 Å². The summed E-state index contributed by atoms with van der Waals surface area (Å²) in [4.78, 5) is 26.9. The van der Waals surface area contributed by atoms with Crippen molar-refractivity contribution in [2.75, 3.05) is 26.2 Å². The number of urea groups is 1. The zero-order chi connectivity index (χ0) is 14.7. The average Bonchev–Trinajstić information content (AvgIpc) is 3.21. The molecule has 0 spiro atoms. The van der Waals surface area contributed by atoms with Gasteiger partial charge in [-0.2, -0.15) is 0 Å². The number of thiophene rings is 1. The molecule has 2 atom stereocenters. The zero-order valence-electron chi connectivity index (χ0n) is 11.8. The molecule has 0 saturated carbocycles. The van der Waals surface area contributed by atoms with Crippen molar-refractivity contribution in [2.24, 2.45) is 0 Å². The third kappa shape index (κ3) is 3.36. The number of hydrogen-bond donors (Lipinski definition) is 3. The van der Waals surface area contributed by atoms with E-state index >= 15 is 0 Å². The van der Waals surface area contributed by atoms with Gasteiger partial charge < -0.3 is 16.0 Å². The quantitative estimate of drug-likeness (QED) is 0.749. The molecular weight excluding hydrogens is 288 g/mol. The van der Waals surface area contributed by atoms with Crippen molar-refractivity contribution >= 4 is 23.3 Å². The van der Waals surface area contributed by atoms with E-state index in [1.54, 1.807) is 11.3 Å². The number of carbonyl (C=O) groups is 2. The van der Waals surface area contributed by atoms with Gasteiger partial charge in [-0.25, -0.2) is 4.79 Å². The van der Waals surface area contributed by atoms with Crippen molar-refractivity contribution in [3.8, 4) is 0 Å². The Morgan fingerprint density at radius 2 is 2.29 bits per heavy atom. The van der Waals surface area contributed by atoms with Gasteiger partial charge in [0.2, 0.25) is 5.91 Å². The van der Waals surface area contributed by atoms with E-state index in [9.17, 15) is 9.59 Å². The maximum Gasteiger partial charge on any atom is 0.315 e. The van der Waals surface area contributed by atoms with Gasteiger partial charge in [0.05, 0.1) is 6.04 Å². The minimum atomic E-state index is -0.458. The molecule has 7 heteroatoms. The van der Waals surface area contributed by atoms with Crippen LogP contribution in [-0.2, 0) is 4.79 Å². The summed E-state index contributed by atoms with van der Waals surface area (Å²) in [6.07, 6.45) is 2.44. The lowest BCUT2D eigenvalue weighted by molar-refractivity contribution is -0.122. The maximum absolute atomic E-state index is 12.1. The molecule has 2 saturated heterocycles. The number of rotatable bonds is 5. The Balaban J connectivity index is 1.59. The molecule has 21 heavy (non-hydrogen) atoms. The van der Waals surface area contributed by atoms with E-state index in [0.29, 0.717) is 13.1 Å². The minimum Gasteiger partial charge on any atom is -0.352 e. The topological polar surface area (TPSA) is 73.5 Å². The van der Waals surface area contributed by atoms with Crippen LogP contribution >= 0.6 is 11.3 Å². The lowest BCUT2D eigenvalue weighted by Crippen LogP contribution is -2.45. The molecule has 3 N–H and O–H groups in total. The van der Waals surface area contributed by atoms with Crippen LogP contribution in [0.4, 0.5) is 4.79 Å². The predicted molar refractivity (Wildman–Crippen MR) is 81.2 cm³/mol. The minimum absolute atomic E-state index is 0.117. The van der Waals surface area contributed by atoms with Crippen LogP contribution in [0.15, 0.2) is 17.5 Å². The Bertz CT molecular complexity index is 499. The van der Waals surface area contributed by atoms with Gasteiger partial charge in [0.1, 0.15) is 6.04 Å². The highest BCUT2D eigenvalue weighted by Crippen LogP contribution is 2.27. The molecule has 0 bridgehead atoms. The second-order valence-corrected chi connectivity index (χ2v) is 6.41. The van der Waals surface area contributed by atoms with Gasteiger partial charge in [-0.05, 0) is 37.4 Å². The fourth-order valence-electron chi connectivity index (χ4n) is 2.88. The number of carbonyl (C=O) groups excluding carboxylic acids is 2. The SMILES string of the molecule is O=C1NCC(C(=O)NCC(c2cccs2)N2CCCC2)N1. The van der Waals surface area contributed by atoms with Crippen molar-refractivity contribution in [3.05, 3.63) is 22.4 Å². The number of hydrogen-bond acceptors (Lipinski definition) is 4. The van der Waals surface area contributed by atoms with Gasteiger partial charge >= 0.3 is 6.03 Å². The van der Waals surface area contributed by atoms with Gasteiger partial charge in [0, 0.05) is 18.0 Å². The van der Waals surface area contributed by atoms with E-state index in [2.05, 4.69) is 32.3 Å². The first-order valence-corrected chi connectivity index (χ1v) is 8.21. The lowest BCUT2D eigenvalue weighted by atomic mass is 10.2. The first-order valence-electron chi connectivity index (χ1n) is 7.33. The molecule has 2 unspecified atom stereocenters. The van der Waals surface area contributed by atoms with Crippen LogP contribution < -0.4 is 16.0 Å². The predicted octanol–water partition coefficient (Wildman–Crippen LogP) is 0.683. The number of amides is 3. The van der Waals surface area contributed by atoms with Gasteiger partial charge in [0.15, 0.2) is 0 Å². The summed E-state index contributed by atoms with van der Waals surface area (Å²) in [7, 11) is 0. The second kappa shape index (κ2) is 6.44. The fourth-order valence-corrected chi connectivity index (χ4v) is 3.74. The molecule has 0 aromatic carbocycles. The molecule has 0 aliphatic carbocycles. The van der Waals surface area contributed by atoms with Gasteiger partial charge in [-0.15, -0.1) is 11.3 Å². The third-order valence-corrected chi connectivity index (χ3v) is 4.98. The molecule has 3 heterocycles. The standard InChI is InChI=1S/C14H20N4O2S/c19-13(10-8-16-14(20)17-10)15-9-11(12-4-3-7-21-12)18-5-1-2-6-18/h3-4,7,10-11H,1-2,5-6,8-9H2,(H,15,19)(H2,16,17,20). The van der Waals surface area contributed by atoms with Crippen LogP contribution in [0, 0.1) is 0 Å². The Morgan fingerprint density at radius 1 is 1.48 bits per heavy atom. The molecule has 1 aromatic rings. The van der Waals surface area contributed by atoms with Crippen LogP contribution in [0.3, 0.4) is 0 Å². The molecule has 2 aliphatic heterocycles. The van der Waals surface area contributed by atoms with Crippen LogP contribution in [0.2, 0.25) is 0 Å². The molecule has 1 aromatic heterocycles. The van der Waals surface area contributed by atoms with Crippen molar-refractivity contribution in [3.63, 3.8) is 0 Å². The highest BCUT2D eigenvalue weighted by Gasteiger charge is 2.29. The molecule has 6 nitrogen and oxygen atoms in total. The molecule has 3 amide bonds. The van der Waals surface area contributed by atoms with E-state index in [4.69, 9.17) is 0 Å². The van der Waals surface area contributed by atoms with E-state index < -0.39 is 6.04 Å². The molecule has 3 rings (SSSR count). The summed E-state index contributed by atoms with van der Waals surface area (Å²) in [5, 5.41) is 10.3. The Labute approximate surface area is 127 Å². The Kier molecular flexibility index (Phi) is 4.40. The molecule has 114 valence electrons. The fraction of sp³-hybridized carbons (Fsp3) is 0.571. The summed E-state index contributed by atoms with van der Waals surface area (Å²) in [6, 6.07) is 3.68. The van der Waals surface area contributed by atoms with E-state index in [0.717, 1.165) is 13.1 Å². The van der Waals surface area contributed by atoms with Gasteiger partial charge in [-0.1, -0.05) is 6.07 Å². The summed E-state index contributed by atoms with van der Waals surface area (Å²) in [5.41, 5.74) is 0. The van der Waals surface area contributed by atoms with Crippen molar-refractivity contribution in [2.45, 2.75) is 24.9 Å². The largest absolute Gasteiger partial charge is 0.352 e. The Hall–Kier alpha value is -1.60. The van der Waals surface area contributed by atoms with E-state index in [1.165, 1.54) is 17.7 Å². The zero-order valence-corrected chi connectivity index (χ0v) is 12.6. The number of nitrogens with zero attached hydrogens (tertiary/aromatic N) is 1.